The number of allylic oxidation sites excluding steroid dienone is 1. The van der Waals surface area contributed by atoms with Crippen LogP contribution in [0.15, 0.2) is 30.9 Å². The molecule has 0 saturated heterocycles. The summed E-state index contributed by atoms with van der Waals surface area (Å²) in [5.74, 6) is -0.801. The van der Waals surface area contributed by atoms with E-state index in [-0.39, 0.29) is 12.2 Å². The van der Waals surface area contributed by atoms with Crippen molar-refractivity contribution in [1.29, 1.82) is 0 Å². The summed E-state index contributed by atoms with van der Waals surface area (Å²) in [7, 11) is 0. The van der Waals surface area contributed by atoms with Gasteiger partial charge in [0.15, 0.2) is 0 Å². The minimum Gasteiger partial charge on any atom is -0.508 e. The molecular weight excluding hydrogens is 218 g/mol. The lowest BCUT2D eigenvalue weighted by atomic mass is 10.0. The Kier molecular flexibility index (Phi) is 4.72. The molecule has 0 aliphatic heterocycles. The van der Waals surface area contributed by atoms with Gasteiger partial charge in [-0.05, 0) is 36.5 Å². The SMILES string of the molecule is C=CCCc1cc(CC(N)C(=O)O)ccc1O. The van der Waals surface area contributed by atoms with Gasteiger partial charge in [-0.2, -0.15) is 0 Å². The molecule has 1 aromatic rings. The van der Waals surface area contributed by atoms with E-state index < -0.39 is 12.0 Å². The second kappa shape index (κ2) is 6.06. The molecule has 4 heteroatoms. The lowest BCUT2D eigenvalue weighted by molar-refractivity contribution is -0.138. The average Bonchev–Trinajstić information content (AvgIpc) is 2.29. The molecule has 4 N–H and O–H groups in total. The maximum absolute atomic E-state index is 10.6. The van der Waals surface area contributed by atoms with Crippen LogP contribution in [0.5, 0.6) is 5.75 Å². The average molecular weight is 235 g/mol. The van der Waals surface area contributed by atoms with Crippen LogP contribution in [0.1, 0.15) is 17.5 Å². The fourth-order valence-corrected chi connectivity index (χ4v) is 1.56. The molecule has 17 heavy (non-hydrogen) atoms. The van der Waals surface area contributed by atoms with Gasteiger partial charge in [0.25, 0.3) is 0 Å². The molecule has 0 saturated carbocycles. The molecule has 4 nitrogen and oxygen atoms in total. The maximum atomic E-state index is 10.6. The van der Waals surface area contributed by atoms with E-state index in [2.05, 4.69) is 6.58 Å². The van der Waals surface area contributed by atoms with Crippen LogP contribution in [0.3, 0.4) is 0 Å². The summed E-state index contributed by atoms with van der Waals surface area (Å²) in [6, 6.07) is 4.14. The topological polar surface area (TPSA) is 83.6 Å². The normalized spacial score (nSPS) is 12.1. The Labute approximate surface area is 100 Å². The number of carboxylic acids is 1. The molecule has 1 rings (SSSR count). The predicted octanol–water partition coefficient (Wildman–Crippen LogP) is 1.47. The number of nitrogens with two attached hydrogens (primary N) is 1. The van der Waals surface area contributed by atoms with Gasteiger partial charge in [0.1, 0.15) is 11.8 Å². The summed E-state index contributed by atoms with van der Waals surface area (Å²) >= 11 is 0. The largest absolute Gasteiger partial charge is 0.508 e. The Balaban J connectivity index is 2.80. The van der Waals surface area contributed by atoms with Crippen molar-refractivity contribution in [3.63, 3.8) is 0 Å². The second-order valence-corrected chi connectivity index (χ2v) is 3.94. The Hall–Kier alpha value is -1.81. The quantitative estimate of drug-likeness (QED) is 0.652. The first kappa shape index (κ1) is 13.3. The number of aliphatic carboxylic acids is 1. The first-order chi connectivity index (χ1) is 8.04. The van der Waals surface area contributed by atoms with E-state index in [1.165, 1.54) is 0 Å². The van der Waals surface area contributed by atoms with E-state index in [1.54, 1.807) is 24.3 Å². The van der Waals surface area contributed by atoms with Gasteiger partial charge in [0, 0.05) is 0 Å². The summed E-state index contributed by atoms with van der Waals surface area (Å²) in [6.45, 7) is 3.62. The van der Waals surface area contributed by atoms with Gasteiger partial charge >= 0.3 is 5.97 Å². The molecule has 1 unspecified atom stereocenters. The van der Waals surface area contributed by atoms with Crippen molar-refractivity contribution in [3.8, 4) is 5.75 Å². The number of aromatic hydroxyl groups is 1. The van der Waals surface area contributed by atoms with Crippen LogP contribution < -0.4 is 5.73 Å². The Morgan fingerprint density at radius 2 is 2.24 bits per heavy atom. The zero-order valence-corrected chi connectivity index (χ0v) is 9.60. The summed E-state index contributed by atoms with van der Waals surface area (Å²) in [6.07, 6.45) is 3.49. The monoisotopic (exact) mass is 235 g/mol. The highest BCUT2D eigenvalue weighted by molar-refractivity contribution is 5.73. The molecule has 1 aromatic carbocycles. The number of hydrogen-bond acceptors (Lipinski definition) is 3. The third-order valence-electron chi connectivity index (χ3n) is 2.53. The summed E-state index contributed by atoms with van der Waals surface area (Å²) in [5, 5.41) is 18.3. The summed E-state index contributed by atoms with van der Waals surface area (Å²) in [5.41, 5.74) is 7.07. The minimum absolute atomic E-state index is 0.222. The number of carbonyl (C=O) groups is 1. The van der Waals surface area contributed by atoms with Crippen molar-refractivity contribution in [1.82, 2.24) is 0 Å². The van der Waals surface area contributed by atoms with Crippen LogP contribution in [-0.2, 0) is 17.6 Å². The van der Waals surface area contributed by atoms with Crippen LogP contribution in [0, 0.1) is 0 Å². The van der Waals surface area contributed by atoms with Gasteiger partial charge in [-0.3, -0.25) is 4.79 Å². The molecular formula is C13H17NO3. The summed E-state index contributed by atoms with van der Waals surface area (Å²) in [4.78, 5) is 10.6. The standard InChI is InChI=1S/C13H17NO3/c1-2-3-4-10-7-9(5-6-12(10)15)8-11(14)13(16)17/h2,5-7,11,15H,1,3-4,8,14H2,(H,16,17). The Morgan fingerprint density at radius 3 is 2.82 bits per heavy atom. The van der Waals surface area contributed by atoms with Gasteiger partial charge < -0.3 is 15.9 Å². The molecule has 0 aliphatic rings. The molecule has 0 heterocycles. The van der Waals surface area contributed by atoms with Crippen LogP contribution in [0.25, 0.3) is 0 Å². The van der Waals surface area contributed by atoms with E-state index >= 15 is 0 Å². The zero-order valence-electron chi connectivity index (χ0n) is 9.60. The number of benzene rings is 1. The van der Waals surface area contributed by atoms with Gasteiger partial charge in [0.2, 0.25) is 0 Å². The molecule has 0 spiro atoms. The third kappa shape index (κ3) is 3.92. The van der Waals surface area contributed by atoms with Crippen LogP contribution in [0.2, 0.25) is 0 Å². The predicted molar refractivity (Wildman–Crippen MR) is 65.9 cm³/mol. The van der Waals surface area contributed by atoms with Crippen LogP contribution >= 0.6 is 0 Å². The molecule has 0 amide bonds. The van der Waals surface area contributed by atoms with Crippen molar-refractivity contribution in [2.45, 2.75) is 25.3 Å². The third-order valence-corrected chi connectivity index (χ3v) is 2.53. The molecule has 0 aromatic heterocycles. The number of aryl methyl sites for hydroxylation is 1. The van der Waals surface area contributed by atoms with E-state index in [0.717, 1.165) is 17.5 Å². The fraction of sp³-hybridized carbons (Fsp3) is 0.308. The van der Waals surface area contributed by atoms with E-state index in [9.17, 15) is 9.90 Å². The number of carboxylic acid groups (broad SMARTS) is 1. The van der Waals surface area contributed by atoms with Crippen molar-refractivity contribution in [2.75, 3.05) is 0 Å². The molecule has 0 radical (unpaired) electrons. The highest BCUT2D eigenvalue weighted by atomic mass is 16.4. The van der Waals surface area contributed by atoms with Gasteiger partial charge in [-0.25, -0.2) is 0 Å². The number of phenols is 1. The van der Waals surface area contributed by atoms with E-state index in [4.69, 9.17) is 10.8 Å². The van der Waals surface area contributed by atoms with E-state index in [1.807, 2.05) is 0 Å². The highest BCUT2D eigenvalue weighted by Gasteiger charge is 2.13. The lowest BCUT2D eigenvalue weighted by Gasteiger charge is -2.09. The second-order valence-electron chi connectivity index (χ2n) is 3.94. The van der Waals surface area contributed by atoms with Crippen molar-refractivity contribution in [2.24, 2.45) is 5.73 Å². The smallest absolute Gasteiger partial charge is 0.320 e. The van der Waals surface area contributed by atoms with Crippen molar-refractivity contribution in [3.05, 3.63) is 42.0 Å². The van der Waals surface area contributed by atoms with E-state index in [0.29, 0.717) is 6.42 Å². The minimum atomic E-state index is -1.02. The molecule has 0 aliphatic carbocycles. The van der Waals surface area contributed by atoms with Crippen molar-refractivity contribution >= 4 is 5.97 Å². The highest BCUT2D eigenvalue weighted by Crippen LogP contribution is 2.20. The van der Waals surface area contributed by atoms with Crippen molar-refractivity contribution < 1.29 is 15.0 Å². The maximum Gasteiger partial charge on any atom is 0.320 e. The molecule has 0 bridgehead atoms. The number of phenolic OH excluding ortho intramolecular Hbond substituents is 1. The summed E-state index contributed by atoms with van der Waals surface area (Å²) < 4.78 is 0. The molecule has 0 fully saturated rings. The number of rotatable bonds is 6. The fourth-order valence-electron chi connectivity index (χ4n) is 1.56. The van der Waals surface area contributed by atoms with Gasteiger partial charge in [0.05, 0.1) is 0 Å². The first-order valence-electron chi connectivity index (χ1n) is 5.44. The molecule has 1 atom stereocenters. The van der Waals surface area contributed by atoms with Crippen LogP contribution in [-0.4, -0.2) is 22.2 Å². The Morgan fingerprint density at radius 1 is 1.53 bits per heavy atom. The first-order valence-corrected chi connectivity index (χ1v) is 5.44. The zero-order chi connectivity index (χ0) is 12.8. The Bertz CT molecular complexity index is 415. The molecule has 92 valence electrons. The number of hydrogen-bond donors (Lipinski definition) is 3. The van der Waals surface area contributed by atoms with Gasteiger partial charge in [-0.15, -0.1) is 6.58 Å². The van der Waals surface area contributed by atoms with Gasteiger partial charge in [-0.1, -0.05) is 18.2 Å². The van der Waals surface area contributed by atoms with Crippen LogP contribution in [0.4, 0.5) is 0 Å². The lowest BCUT2D eigenvalue weighted by Crippen LogP contribution is -2.32.